The van der Waals surface area contributed by atoms with E-state index in [2.05, 4.69) is 5.32 Å². The molecule has 0 aromatic carbocycles. The number of nitrogens with zero attached hydrogens (tertiary/aromatic N) is 8. The van der Waals surface area contributed by atoms with Gasteiger partial charge in [0.2, 0.25) is 5.41 Å². The van der Waals surface area contributed by atoms with E-state index in [4.69, 9.17) is 0 Å². The molecule has 8 aliphatic heterocycles. The van der Waals surface area contributed by atoms with Gasteiger partial charge in [-0.15, -0.1) is 0 Å². The molecule has 24 nitrogen and oxygen atoms in total. The minimum atomic E-state index is -2.55. The zero-order valence-corrected chi connectivity index (χ0v) is 34.8. The first-order valence-electron chi connectivity index (χ1n) is 13.6. The Labute approximate surface area is 361 Å². The van der Waals surface area contributed by atoms with Crippen molar-refractivity contribution in [3.05, 3.63) is 5.32 Å². The number of hydrogen-bond donors (Lipinski definition) is 0. The number of carbonyl (C=O) groups is 16. The van der Waals surface area contributed by atoms with Gasteiger partial charge in [-0.05, 0) is 6.92 Å². The van der Waals surface area contributed by atoms with Crippen molar-refractivity contribution in [1.82, 2.24) is 34.5 Å². The van der Waals surface area contributed by atoms with Gasteiger partial charge in [0.15, 0.2) is 0 Å². The molecule has 0 aliphatic carbocycles. The predicted octanol–water partition coefficient (Wildman–Crippen LogP) is -7.92. The van der Waals surface area contributed by atoms with Gasteiger partial charge in [-0.25, -0.2) is 0 Å². The number of likely N-dealkylation sites (tertiary alicyclic amines) is 5. The summed E-state index contributed by atoms with van der Waals surface area (Å²) < 4.78 is 0. The second-order valence-electron chi connectivity index (χ2n) is 11.5. The molecule has 8 rings (SSSR count). The van der Waals surface area contributed by atoms with Crippen LogP contribution in [0.1, 0.15) is 6.92 Å². The first kappa shape index (κ1) is 41.2. The summed E-state index contributed by atoms with van der Waals surface area (Å²) in [5.41, 5.74) is -10.00. The van der Waals surface area contributed by atoms with Crippen molar-refractivity contribution in [3.8, 4) is 0 Å². The summed E-state index contributed by atoms with van der Waals surface area (Å²) in [7, 11) is 2.17. The largest absolute Gasteiger partial charge is 0.592 e. The molecule has 52 heavy (non-hydrogen) atoms. The molecule has 0 atom stereocenters. The van der Waals surface area contributed by atoms with Crippen LogP contribution in [-0.4, -0.2) is 156 Å². The monoisotopic (exact) mass is 948 g/mol. The number of amides is 16. The van der Waals surface area contributed by atoms with Crippen LogP contribution in [0.25, 0.3) is 5.32 Å². The van der Waals surface area contributed by atoms with Crippen LogP contribution in [0.3, 0.4) is 0 Å². The molecule has 0 saturated carbocycles. The third-order valence-electron chi connectivity index (χ3n) is 9.59. The number of carbonyl (C=O) groups excluding carboxylic acids is 16. The van der Waals surface area contributed by atoms with E-state index in [-0.39, 0.29) is 115 Å². The van der Waals surface area contributed by atoms with Gasteiger partial charge >= 0.3 is 0 Å². The Morgan fingerprint density at radius 3 is 0.923 bits per heavy atom. The van der Waals surface area contributed by atoms with Crippen molar-refractivity contribution in [2.75, 3.05) is 27.3 Å². The van der Waals surface area contributed by atoms with E-state index in [9.17, 15) is 76.7 Å². The normalized spacial score (nSPS) is 24.9. The van der Waals surface area contributed by atoms with Crippen molar-refractivity contribution in [3.63, 3.8) is 0 Å². The van der Waals surface area contributed by atoms with Crippen LogP contribution in [0, 0.1) is 21.7 Å². The fraction of sp³-hybridized carbons (Fsp3) is 0.360. The van der Waals surface area contributed by atoms with Gasteiger partial charge in [0.25, 0.3) is 98.9 Å². The molecule has 27 heteroatoms. The van der Waals surface area contributed by atoms with E-state index in [1.165, 1.54) is 6.92 Å². The number of imide groups is 8. The molecule has 4 spiro atoms. The molecule has 0 aromatic rings. The quantitative estimate of drug-likeness (QED) is 0.187. The van der Waals surface area contributed by atoms with Gasteiger partial charge < -0.3 is 14.9 Å². The van der Waals surface area contributed by atoms with Crippen LogP contribution in [0.2, 0.25) is 0 Å². The number of hydrogen-bond acceptors (Lipinski definition) is 16. The molecule has 0 N–H and O–H groups in total. The second-order valence-corrected chi connectivity index (χ2v) is 11.5. The van der Waals surface area contributed by atoms with Gasteiger partial charge in [-0.1, -0.05) is 0 Å². The summed E-state index contributed by atoms with van der Waals surface area (Å²) in [5.74, 6) is -18.6. The van der Waals surface area contributed by atoms with Crippen LogP contribution >= 0.6 is 0 Å². The summed E-state index contributed by atoms with van der Waals surface area (Å²) in [5, 5.41) is 2.94. The SMILES string of the molecule is CCN1C(=O)C2(C1=O)C(=O)N(N1C(=O)C3(C(=O)N(C)C3=O)C1=O)C2=O.CN1C(=O)C2(C1=O)C(=O)N(CN1C(=O)C3(C(=O)[N-]C3=O)C1=O)C2=O.[Y].[Y].[Y]. The Kier molecular flexibility index (Phi) is 9.48. The Morgan fingerprint density at radius 1 is 0.385 bits per heavy atom. The average Bonchev–Trinajstić information content (AvgIpc) is 3.07. The maximum absolute atomic E-state index is 12.2. The molecule has 8 saturated heterocycles. The maximum Gasteiger partial charge on any atom is 0.288 e. The predicted molar refractivity (Wildman–Crippen MR) is 133 cm³/mol. The first-order chi connectivity index (χ1) is 22.8. The second kappa shape index (κ2) is 12.0. The van der Waals surface area contributed by atoms with E-state index in [1.54, 1.807) is 0 Å². The van der Waals surface area contributed by atoms with E-state index in [0.717, 1.165) is 14.1 Å². The Morgan fingerprint density at radius 2 is 0.635 bits per heavy atom. The van der Waals surface area contributed by atoms with Crippen LogP contribution in [0.5, 0.6) is 0 Å². The standard InChI is InChI=1S/C13H8N4O8.C12H6N4O8.3Y/c1-3-15-6(20)13(7(15)21)10(24)17(11(13)25)16-8(22)12(9(16)23)4(18)14(2)5(12)19;1-14-5(19)12(6(14)20)9(23)16(10(12)24)2-15-7(21)11(8(15)22)3(17)13-4(11)18;;;/h3H2,1-2H3;2H2,1H3,(H,13,17,18);;;/p-1. The van der Waals surface area contributed by atoms with Crippen molar-refractivity contribution in [2.45, 2.75) is 6.92 Å². The first-order valence-corrected chi connectivity index (χ1v) is 13.6. The third-order valence-corrected chi connectivity index (χ3v) is 9.59. The molecule has 0 unspecified atom stereocenters. The summed E-state index contributed by atoms with van der Waals surface area (Å²) in [6.07, 6.45) is 0. The third kappa shape index (κ3) is 3.63. The summed E-state index contributed by atoms with van der Waals surface area (Å²) >= 11 is 0. The Hall–Kier alpha value is -3.57. The minimum Gasteiger partial charge on any atom is -0.592 e. The molecular formula is C25H13N8O16Y3-. The Balaban J connectivity index is 0.000000220. The van der Waals surface area contributed by atoms with Crippen LogP contribution < -0.4 is 0 Å². The number of β-lactam (4-membered cyclic amide) rings is 16. The fourth-order valence-corrected chi connectivity index (χ4v) is 6.58. The smallest absolute Gasteiger partial charge is 0.288 e. The molecule has 8 aliphatic rings. The minimum absolute atomic E-state index is 0. The van der Waals surface area contributed by atoms with Crippen molar-refractivity contribution in [1.29, 1.82) is 0 Å². The summed E-state index contributed by atoms with van der Waals surface area (Å²) in [6.45, 7) is 0.550. The molecule has 16 amide bonds. The van der Waals surface area contributed by atoms with Crippen LogP contribution in [-0.2, 0) is 175 Å². The summed E-state index contributed by atoms with van der Waals surface area (Å²) in [6, 6.07) is 0. The molecule has 0 aromatic heterocycles. The molecular weight excluding hydrogens is 935 g/mol. The van der Waals surface area contributed by atoms with Crippen molar-refractivity contribution >= 4 is 94.5 Å². The van der Waals surface area contributed by atoms with Crippen LogP contribution in [0.15, 0.2) is 0 Å². The molecule has 3 radical (unpaired) electrons. The van der Waals surface area contributed by atoms with E-state index >= 15 is 0 Å². The van der Waals surface area contributed by atoms with Gasteiger partial charge in [0.05, 0.1) is 11.8 Å². The Bertz CT molecular complexity index is 1950. The molecule has 8 fully saturated rings. The zero-order chi connectivity index (χ0) is 36.4. The topological polar surface area (TPSA) is 310 Å². The molecule has 0 bridgehead atoms. The van der Waals surface area contributed by atoms with Crippen LogP contribution in [0.4, 0.5) is 0 Å². The fourth-order valence-electron chi connectivity index (χ4n) is 6.58. The maximum atomic E-state index is 12.2. The summed E-state index contributed by atoms with van der Waals surface area (Å²) in [4.78, 5) is 193. The van der Waals surface area contributed by atoms with Crippen molar-refractivity contribution in [2.24, 2.45) is 21.7 Å². The van der Waals surface area contributed by atoms with E-state index in [1.807, 2.05) is 0 Å². The van der Waals surface area contributed by atoms with E-state index in [0.29, 0.717) is 24.5 Å². The zero-order valence-electron chi connectivity index (χ0n) is 26.3. The van der Waals surface area contributed by atoms with Gasteiger partial charge in [-0.2, -0.15) is 10.0 Å². The van der Waals surface area contributed by atoms with Crippen molar-refractivity contribution < 1.29 is 175 Å². The average molecular weight is 948 g/mol. The molecule has 259 valence electrons. The van der Waals surface area contributed by atoms with E-state index < -0.39 is 123 Å². The molecule has 8 heterocycles. The van der Waals surface area contributed by atoms with Gasteiger partial charge in [-0.3, -0.25) is 91.6 Å². The number of rotatable bonds is 4. The van der Waals surface area contributed by atoms with Gasteiger partial charge in [0.1, 0.15) is 6.67 Å². The number of hydrazine groups is 1. The van der Waals surface area contributed by atoms with Gasteiger partial charge in [0, 0.05) is 119 Å².